The summed E-state index contributed by atoms with van der Waals surface area (Å²) in [6.07, 6.45) is 0. The Labute approximate surface area is 164 Å². The molecule has 0 saturated carbocycles. The lowest BCUT2D eigenvalue weighted by Gasteiger charge is -2.05. The molecule has 0 aliphatic rings. The van der Waals surface area contributed by atoms with Crippen molar-refractivity contribution in [1.29, 1.82) is 0 Å². The minimum Gasteiger partial charge on any atom is -0.494 e. The molecule has 0 spiro atoms. The average molecular weight is 424 g/mol. The van der Waals surface area contributed by atoms with Crippen LogP contribution in [-0.2, 0) is 26.1 Å². The molecule has 2 aromatic carbocycles. The van der Waals surface area contributed by atoms with Gasteiger partial charge in [-0.2, -0.15) is 8.42 Å². The van der Waals surface area contributed by atoms with Crippen molar-refractivity contribution < 1.29 is 27.1 Å². The molecule has 0 aliphatic heterocycles. The van der Waals surface area contributed by atoms with Crippen LogP contribution in [0, 0.1) is 5.82 Å². The number of benzene rings is 2. The summed E-state index contributed by atoms with van der Waals surface area (Å²) in [6, 6.07) is 9.57. The Morgan fingerprint density at radius 2 is 1.93 bits per heavy atom. The maximum atomic E-state index is 13.1. The van der Waals surface area contributed by atoms with Crippen molar-refractivity contribution in [3.8, 4) is 5.75 Å². The number of halogens is 1. The highest BCUT2D eigenvalue weighted by atomic mass is 32.2. The number of methoxy groups -OCH3 is 1. The molecule has 0 atom stereocenters. The lowest BCUT2D eigenvalue weighted by Crippen LogP contribution is -2.22. The highest BCUT2D eigenvalue weighted by Gasteiger charge is 2.17. The first-order valence-electron chi connectivity index (χ1n) is 8.23. The van der Waals surface area contributed by atoms with Crippen LogP contribution in [0.3, 0.4) is 0 Å². The molecule has 3 rings (SSSR count). The van der Waals surface area contributed by atoms with Crippen molar-refractivity contribution in [2.24, 2.45) is 4.40 Å². The van der Waals surface area contributed by atoms with Crippen LogP contribution in [0.5, 0.6) is 5.75 Å². The summed E-state index contributed by atoms with van der Waals surface area (Å²) in [7, 11) is -2.85. The van der Waals surface area contributed by atoms with Crippen molar-refractivity contribution in [3.05, 3.63) is 53.1 Å². The number of hydrogen-bond donors (Lipinski definition) is 0. The van der Waals surface area contributed by atoms with Gasteiger partial charge in [0.15, 0.2) is 0 Å². The van der Waals surface area contributed by atoms with Crippen LogP contribution in [-0.4, -0.2) is 32.7 Å². The summed E-state index contributed by atoms with van der Waals surface area (Å²) in [5.74, 6) is -0.478. The number of hydrogen-bond acceptors (Lipinski definition) is 6. The van der Waals surface area contributed by atoms with Gasteiger partial charge in [-0.25, -0.2) is 4.39 Å². The van der Waals surface area contributed by atoms with Gasteiger partial charge in [0.05, 0.1) is 28.8 Å². The van der Waals surface area contributed by atoms with Gasteiger partial charge in [-0.1, -0.05) is 11.3 Å². The maximum absolute atomic E-state index is 13.1. The molecule has 0 bridgehead atoms. The van der Waals surface area contributed by atoms with Crippen molar-refractivity contribution in [3.63, 3.8) is 0 Å². The summed E-state index contributed by atoms with van der Waals surface area (Å²) in [6.45, 7) is 2.13. The van der Waals surface area contributed by atoms with E-state index in [0.29, 0.717) is 22.6 Å². The first-order chi connectivity index (χ1) is 13.3. The van der Waals surface area contributed by atoms with Gasteiger partial charge in [0, 0.05) is 0 Å². The van der Waals surface area contributed by atoms with E-state index in [1.807, 2.05) is 6.92 Å². The van der Waals surface area contributed by atoms with E-state index in [1.165, 1.54) is 11.7 Å². The van der Waals surface area contributed by atoms with Crippen LogP contribution in [0.15, 0.2) is 51.8 Å². The van der Waals surface area contributed by atoms with Gasteiger partial charge in [0.25, 0.3) is 10.0 Å². The van der Waals surface area contributed by atoms with Gasteiger partial charge in [-0.3, -0.25) is 4.79 Å². The van der Waals surface area contributed by atoms with E-state index in [0.717, 1.165) is 35.6 Å². The minimum absolute atomic E-state index is 0.0957. The van der Waals surface area contributed by atoms with Gasteiger partial charge < -0.3 is 14.0 Å². The Morgan fingerprint density at radius 3 is 2.57 bits per heavy atom. The van der Waals surface area contributed by atoms with E-state index in [-0.39, 0.29) is 16.2 Å². The van der Waals surface area contributed by atoms with Crippen LogP contribution in [0.25, 0.3) is 10.2 Å². The summed E-state index contributed by atoms with van der Waals surface area (Å²) < 4.78 is 54.6. The van der Waals surface area contributed by atoms with E-state index >= 15 is 0 Å². The number of ether oxygens (including phenoxy) is 2. The summed E-state index contributed by atoms with van der Waals surface area (Å²) in [4.78, 5) is 11.8. The van der Waals surface area contributed by atoms with Gasteiger partial charge in [-0.15, -0.1) is 4.40 Å². The molecule has 0 saturated heterocycles. The number of carbonyl (C=O) groups is 1. The minimum atomic E-state index is -4.10. The number of sulfonamides is 1. The van der Waals surface area contributed by atoms with Crippen molar-refractivity contribution in [1.82, 2.24) is 4.57 Å². The van der Waals surface area contributed by atoms with Crippen molar-refractivity contribution in [2.75, 3.05) is 13.7 Å². The monoisotopic (exact) mass is 424 g/mol. The molecule has 148 valence electrons. The molecule has 0 aliphatic carbocycles. The maximum Gasteiger partial charge on any atom is 0.325 e. The van der Waals surface area contributed by atoms with E-state index < -0.39 is 21.8 Å². The van der Waals surface area contributed by atoms with Gasteiger partial charge >= 0.3 is 5.97 Å². The fourth-order valence-electron chi connectivity index (χ4n) is 2.49. The number of thiazole rings is 1. The number of fused-ring (bicyclic) bond motifs is 1. The lowest BCUT2D eigenvalue weighted by molar-refractivity contribution is -0.141. The number of nitrogens with zero attached hydrogens (tertiary/aromatic N) is 2. The van der Waals surface area contributed by atoms with E-state index in [2.05, 4.69) is 4.40 Å². The number of esters is 1. The topological polar surface area (TPSA) is 87.0 Å². The molecule has 0 fully saturated rings. The smallest absolute Gasteiger partial charge is 0.325 e. The summed E-state index contributed by atoms with van der Waals surface area (Å²) >= 11 is 1.10. The molecule has 10 heteroatoms. The van der Waals surface area contributed by atoms with Crippen LogP contribution in [0.1, 0.15) is 6.92 Å². The zero-order valence-corrected chi connectivity index (χ0v) is 16.7. The average Bonchev–Trinajstić information content (AvgIpc) is 2.98. The Balaban J connectivity index is 2.19. The lowest BCUT2D eigenvalue weighted by atomic mass is 10.3. The second kappa shape index (κ2) is 8.11. The molecule has 28 heavy (non-hydrogen) atoms. The van der Waals surface area contributed by atoms with E-state index in [1.54, 1.807) is 18.2 Å². The normalized spacial score (nSPS) is 12.3. The van der Waals surface area contributed by atoms with Crippen molar-refractivity contribution >= 4 is 37.5 Å². The molecule has 7 nitrogen and oxygen atoms in total. The SMILES string of the molecule is CCOc1ccc2c(c1)s/c(=N\S(=O)(=O)c1ccc(F)cc1)n2CC(=O)OC. The van der Waals surface area contributed by atoms with Gasteiger partial charge in [0.2, 0.25) is 4.80 Å². The fraction of sp³-hybridized carbons (Fsp3) is 0.222. The van der Waals surface area contributed by atoms with Gasteiger partial charge in [-0.05, 0) is 49.4 Å². The first-order valence-corrected chi connectivity index (χ1v) is 10.5. The standard InChI is InChI=1S/C18H17FN2O5S2/c1-3-26-13-6-9-15-16(10-13)27-18(21(15)11-17(22)25-2)20-28(23,24)14-7-4-12(19)5-8-14/h4-10H,3,11H2,1-2H3/b20-18-. The Hall–Kier alpha value is -2.72. The second-order valence-electron chi connectivity index (χ2n) is 5.63. The zero-order chi connectivity index (χ0) is 20.3. The summed E-state index contributed by atoms with van der Waals surface area (Å²) in [5, 5.41) is 0. The largest absolute Gasteiger partial charge is 0.494 e. The molecular weight excluding hydrogens is 407 g/mol. The Morgan fingerprint density at radius 1 is 1.21 bits per heavy atom. The van der Waals surface area contributed by atoms with E-state index in [9.17, 15) is 17.6 Å². The fourth-order valence-corrected chi connectivity index (χ4v) is 4.75. The second-order valence-corrected chi connectivity index (χ2v) is 8.24. The predicted molar refractivity (Wildman–Crippen MR) is 102 cm³/mol. The van der Waals surface area contributed by atoms with E-state index in [4.69, 9.17) is 9.47 Å². The van der Waals surface area contributed by atoms with Crippen molar-refractivity contribution in [2.45, 2.75) is 18.4 Å². The Kier molecular flexibility index (Phi) is 5.80. The molecule has 1 heterocycles. The highest BCUT2D eigenvalue weighted by Crippen LogP contribution is 2.24. The summed E-state index contributed by atoms with van der Waals surface area (Å²) in [5.41, 5.74) is 0.618. The van der Waals surface area contributed by atoms with Gasteiger partial charge in [0.1, 0.15) is 18.1 Å². The molecule has 3 aromatic rings. The highest BCUT2D eigenvalue weighted by molar-refractivity contribution is 7.90. The molecule has 0 amide bonds. The molecule has 0 unspecified atom stereocenters. The number of rotatable bonds is 6. The molecular formula is C18H17FN2O5S2. The van der Waals surface area contributed by atoms with Crippen LogP contribution >= 0.6 is 11.3 Å². The Bertz CT molecular complexity index is 1180. The first kappa shape index (κ1) is 20.0. The number of aromatic nitrogens is 1. The quantitative estimate of drug-likeness (QED) is 0.568. The third kappa shape index (κ3) is 4.23. The third-order valence-electron chi connectivity index (χ3n) is 3.79. The predicted octanol–water partition coefficient (Wildman–Crippen LogP) is 2.70. The van der Waals surface area contributed by atoms with Crippen LogP contribution < -0.4 is 9.54 Å². The molecule has 0 radical (unpaired) electrons. The van der Waals surface area contributed by atoms with Crippen LogP contribution in [0.4, 0.5) is 4.39 Å². The number of carbonyl (C=O) groups excluding carboxylic acids is 1. The molecule has 1 aromatic heterocycles. The van der Waals surface area contributed by atoms with Crippen LogP contribution in [0.2, 0.25) is 0 Å². The molecule has 0 N–H and O–H groups in total. The third-order valence-corrected chi connectivity index (χ3v) is 6.23. The zero-order valence-electron chi connectivity index (χ0n) is 15.1.